The first-order chi connectivity index (χ1) is 13.7. The van der Waals surface area contributed by atoms with Crippen molar-refractivity contribution in [3.8, 4) is 10.9 Å². The molecule has 0 atom stereocenters. The van der Waals surface area contributed by atoms with E-state index in [0.29, 0.717) is 11.6 Å². The van der Waals surface area contributed by atoms with E-state index < -0.39 is 0 Å². The molecule has 1 saturated heterocycles. The summed E-state index contributed by atoms with van der Waals surface area (Å²) >= 11 is 1.54. The van der Waals surface area contributed by atoms with Crippen molar-refractivity contribution < 1.29 is 14.3 Å². The molecule has 3 aromatic rings. The number of rotatable bonds is 6. The molecule has 0 unspecified atom stereocenters. The Balaban J connectivity index is 1.27. The minimum atomic E-state index is 0.112. The van der Waals surface area contributed by atoms with E-state index in [1.165, 1.54) is 16.9 Å². The fourth-order valence-electron chi connectivity index (χ4n) is 3.48. The Labute approximate surface area is 168 Å². The second kappa shape index (κ2) is 8.61. The van der Waals surface area contributed by atoms with Crippen LogP contribution in [0.25, 0.3) is 10.2 Å². The molecule has 4 rings (SSSR count). The van der Waals surface area contributed by atoms with E-state index in [1.807, 2.05) is 41.3 Å². The molecule has 1 aliphatic rings. The van der Waals surface area contributed by atoms with Gasteiger partial charge in [0.25, 0.3) is 5.19 Å². The standard InChI is InChI=1S/C22H24N2O3S/c1-26-18-8-9-19-20(15-18)28-22(23-19)27-17-11-13-24(14-12-17)21(25)10-7-16-5-3-2-4-6-16/h2-6,8-9,15,17H,7,10-14H2,1H3. The summed E-state index contributed by atoms with van der Waals surface area (Å²) in [6.45, 7) is 1.49. The van der Waals surface area contributed by atoms with Gasteiger partial charge in [-0.15, -0.1) is 0 Å². The summed E-state index contributed by atoms with van der Waals surface area (Å²) in [4.78, 5) is 19.0. The van der Waals surface area contributed by atoms with Crippen LogP contribution in [0.1, 0.15) is 24.8 Å². The number of likely N-dealkylation sites (tertiary alicyclic amines) is 1. The van der Waals surface area contributed by atoms with Gasteiger partial charge in [-0.2, -0.15) is 0 Å². The van der Waals surface area contributed by atoms with Gasteiger partial charge in [0.05, 0.1) is 17.3 Å². The van der Waals surface area contributed by atoms with Crippen molar-refractivity contribution in [3.05, 3.63) is 54.1 Å². The third-order valence-corrected chi connectivity index (χ3v) is 6.02. The van der Waals surface area contributed by atoms with Crippen LogP contribution in [0.3, 0.4) is 0 Å². The van der Waals surface area contributed by atoms with E-state index in [2.05, 4.69) is 17.1 Å². The molecular formula is C22H24N2O3S. The number of benzene rings is 2. The fourth-order valence-corrected chi connectivity index (χ4v) is 4.39. The second-order valence-electron chi connectivity index (χ2n) is 7.00. The van der Waals surface area contributed by atoms with Crippen LogP contribution in [0.5, 0.6) is 10.9 Å². The lowest BCUT2D eigenvalue weighted by Crippen LogP contribution is -2.41. The summed E-state index contributed by atoms with van der Waals surface area (Å²) in [6, 6.07) is 16.0. The van der Waals surface area contributed by atoms with E-state index in [-0.39, 0.29) is 12.0 Å². The lowest BCUT2D eigenvalue weighted by atomic mass is 10.1. The van der Waals surface area contributed by atoms with E-state index in [9.17, 15) is 4.79 Å². The van der Waals surface area contributed by atoms with E-state index >= 15 is 0 Å². The molecule has 0 bridgehead atoms. The number of piperidine rings is 1. The molecule has 6 heteroatoms. The van der Waals surface area contributed by atoms with Crippen molar-refractivity contribution in [3.63, 3.8) is 0 Å². The normalized spacial score (nSPS) is 15.0. The summed E-state index contributed by atoms with van der Waals surface area (Å²) in [7, 11) is 1.66. The van der Waals surface area contributed by atoms with Crippen LogP contribution in [0.4, 0.5) is 0 Å². The molecule has 1 fully saturated rings. The molecular weight excluding hydrogens is 372 g/mol. The number of aryl methyl sites for hydroxylation is 1. The molecule has 0 spiro atoms. The molecule has 2 aromatic carbocycles. The lowest BCUT2D eigenvalue weighted by Gasteiger charge is -2.31. The van der Waals surface area contributed by atoms with Crippen molar-refractivity contribution >= 4 is 27.5 Å². The average molecular weight is 397 g/mol. The van der Waals surface area contributed by atoms with Gasteiger partial charge < -0.3 is 14.4 Å². The van der Waals surface area contributed by atoms with Crippen LogP contribution < -0.4 is 9.47 Å². The molecule has 1 aromatic heterocycles. The monoisotopic (exact) mass is 396 g/mol. The number of nitrogens with zero attached hydrogens (tertiary/aromatic N) is 2. The van der Waals surface area contributed by atoms with Crippen LogP contribution in [-0.4, -0.2) is 42.1 Å². The Bertz CT molecular complexity index is 933. The smallest absolute Gasteiger partial charge is 0.274 e. The first kappa shape index (κ1) is 18.7. The number of hydrogen-bond donors (Lipinski definition) is 0. The van der Waals surface area contributed by atoms with Gasteiger partial charge in [0, 0.05) is 32.4 Å². The first-order valence-electron chi connectivity index (χ1n) is 9.64. The van der Waals surface area contributed by atoms with Crippen molar-refractivity contribution in [2.45, 2.75) is 31.8 Å². The van der Waals surface area contributed by atoms with Crippen LogP contribution in [0, 0.1) is 0 Å². The van der Waals surface area contributed by atoms with Gasteiger partial charge in [-0.25, -0.2) is 4.98 Å². The molecule has 28 heavy (non-hydrogen) atoms. The van der Waals surface area contributed by atoms with Crippen molar-refractivity contribution in [1.82, 2.24) is 9.88 Å². The molecule has 0 radical (unpaired) electrons. The van der Waals surface area contributed by atoms with Crippen LogP contribution in [0.15, 0.2) is 48.5 Å². The number of thiazole rings is 1. The predicted molar refractivity (Wildman–Crippen MR) is 111 cm³/mol. The number of carbonyl (C=O) groups is 1. The van der Waals surface area contributed by atoms with Gasteiger partial charge in [-0.1, -0.05) is 41.7 Å². The van der Waals surface area contributed by atoms with E-state index in [0.717, 1.165) is 48.3 Å². The first-order valence-corrected chi connectivity index (χ1v) is 10.5. The number of aromatic nitrogens is 1. The maximum Gasteiger partial charge on any atom is 0.274 e. The van der Waals surface area contributed by atoms with Crippen molar-refractivity contribution in [2.75, 3.05) is 20.2 Å². The van der Waals surface area contributed by atoms with Crippen molar-refractivity contribution in [2.24, 2.45) is 0 Å². The molecule has 5 nitrogen and oxygen atoms in total. The summed E-state index contributed by atoms with van der Waals surface area (Å²) in [6.07, 6.45) is 3.16. The minimum absolute atomic E-state index is 0.112. The molecule has 0 saturated carbocycles. The van der Waals surface area contributed by atoms with Crippen LogP contribution >= 0.6 is 11.3 Å². The molecule has 0 aliphatic carbocycles. The van der Waals surface area contributed by atoms with Gasteiger partial charge in [-0.05, 0) is 30.2 Å². The molecule has 146 valence electrons. The zero-order chi connectivity index (χ0) is 19.3. The fraction of sp³-hybridized carbons (Fsp3) is 0.364. The molecule has 2 heterocycles. The Morgan fingerprint density at radius 3 is 2.71 bits per heavy atom. The molecule has 1 amide bonds. The number of amides is 1. The van der Waals surface area contributed by atoms with E-state index in [4.69, 9.17) is 9.47 Å². The van der Waals surface area contributed by atoms with Gasteiger partial charge in [0.2, 0.25) is 5.91 Å². The summed E-state index contributed by atoms with van der Waals surface area (Å²) in [5.41, 5.74) is 2.14. The van der Waals surface area contributed by atoms with Crippen LogP contribution in [-0.2, 0) is 11.2 Å². The zero-order valence-corrected chi connectivity index (χ0v) is 16.8. The average Bonchev–Trinajstić information content (AvgIpc) is 3.14. The number of methoxy groups -OCH3 is 1. The Morgan fingerprint density at radius 2 is 1.96 bits per heavy atom. The third-order valence-electron chi connectivity index (χ3n) is 5.11. The highest BCUT2D eigenvalue weighted by Gasteiger charge is 2.24. The van der Waals surface area contributed by atoms with Gasteiger partial charge in [0.15, 0.2) is 0 Å². The van der Waals surface area contributed by atoms with Gasteiger partial charge >= 0.3 is 0 Å². The highest BCUT2D eigenvalue weighted by atomic mass is 32.1. The Hall–Kier alpha value is -2.60. The van der Waals surface area contributed by atoms with Crippen molar-refractivity contribution in [1.29, 1.82) is 0 Å². The highest BCUT2D eigenvalue weighted by Crippen LogP contribution is 2.32. The van der Waals surface area contributed by atoms with Gasteiger partial charge in [-0.3, -0.25) is 4.79 Å². The minimum Gasteiger partial charge on any atom is -0.497 e. The Morgan fingerprint density at radius 1 is 1.18 bits per heavy atom. The number of ether oxygens (including phenoxy) is 2. The maximum atomic E-state index is 12.5. The van der Waals surface area contributed by atoms with Gasteiger partial charge in [0.1, 0.15) is 11.9 Å². The number of fused-ring (bicyclic) bond motifs is 1. The maximum absolute atomic E-state index is 12.5. The SMILES string of the molecule is COc1ccc2nc(OC3CCN(C(=O)CCc4ccccc4)CC3)sc2c1. The highest BCUT2D eigenvalue weighted by molar-refractivity contribution is 7.20. The molecule has 1 aliphatic heterocycles. The Kier molecular flexibility index (Phi) is 5.76. The topological polar surface area (TPSA) is 51.7 Å². The summed E-state index contributed by atoms with van der Waals surface area (Å²) in [5.74, 6) is 1.06. The largest absolute Gasteiger partial charge is 0.497 e. The molecule has 0 N–H and O–H groups in total. The van der Waals surface area contributed by atoms with Crippen LogP contribution in [0.2, 0.25) is 0 Å². The second-order valence-corrected chi connectivity index (χ2v) is 7.99. The quantitative estimate of drug-likeness (QED) is 0.623. The summed E-state index contributed by atoms with van der Waals surface area (Å²) in [5, 5.41) is 0.692. The summed E-state index contributed by atoms with van der Waals surface area (Å²) < 4.78 is 12.4. The predicted octanol–water partition coefficient (Wildman–Crippen LogP) is 4.31. The number of carbonyl (C=O) groups excluding carboxylic acids is 1. The number of hydrogen-bond acceptors (Lipinski definition) is 5. The zero-order valence-electron chi connectivity index (χ0n) is 16.0. The third kappa shape index (κ3) is 4.44. The lowest BCUT2D eigenvalue weighted by molar-refractivity contribution is -0.132. The van der Waals surface area contributed by atoms with E-state index in [1.54, 1.807) is 7.11 Å².